The number of Topliss-reactive ketones (excluding diaryl/α,β-unsaturated/α-hetero) is 1. The number of hydrogen-bond donors (Lipinski definition) is 0. The molecule has 0 N–H and O–H groups in total. The van der Waals surface area contributed by atoms with Gasteiger partial charge in [0, 0.05) is 12.3 Å². The van der Waals surface area contributed by atoms with Crippen molar-refractivity contribution in [1.29, 1.82) is 0 Å². The van der Waals surface area contributed by atoms with Crippen LogP contribution in [0, 0.1) is 17.3 Å². The minimum absolute atomic E-state index is 0.190. The fourth-order valence-electron chi connectivity index (χ4n) is 0.844. The third-order valence-electron chi connectivity index (χ3n) is 2.63. The molecular weight excluding hydrogens is 148 g/mol. The number of rotatable bonds is 3. The van der Waals surface area contributed by atoms with Crippen molar-refractivity contribution in [3.63, 3.8) is 0 Å². The zero-order valence-electron chi connectivity index (χ0n) is 9.27. The van der Waals surface area contributed by atoms with Gasteiger partial charge in [-0.15, -0.1) is 0 Å². The van der Waals surface area contributed by atoms with E-state index < -0.39 is 0 Å². The molecule has 0 saturated carbocycles. The standard InChI is InChI=1S/C11H22O/c1-8(2)10(12)7-9(3)11(4,5)6/h8-9H,7H2,1-6H3. The Kier molecular flexibility index (Phi) is 3.95. The van der Waals surface area contributed by atoms with E-state index in [-0.39, 0.29) is 11.3 Å². The smallest absolute Gasteiger partial charge is 0.135 e. The molecule has 0 bridgehead atoms. The first kappa shape index (κ1) is 11.7. The molecule has 0 aliphatic carbocycles. The van der Waals surface area contributed by atoms with Crippen LogP contribution < -0.4 is 0 Å². The van der Waals surface area contributed by atoms with Gasteiger partial charge in [0.1, 0.15) is 5.78 Å². The Bertz CT molecular complexity index is 151. The van der Waals surface area contributed by atoms with Crippen molar-refractivity contribution >= 4 is 5.78 Å². The lowest BCUT2D eigenvalue weighted by Gasteiger charge is -2.27. The van der Waals surface area contributed by atoms with Gasteiger partial charge in [-0.2, -0.15) is 0 Å². The topological polar surface area (TPSA) is 17.1 Å². The first-order chi connectivity index (χ1) is 5.25. The number of carbonyl (C=O) groups excluding carboxylic acids is 1. The van der Waals surface area contributed by atoms with E-state index in [9.17, 15) is 4.79 Å². The molecule has 0 spiro atoms. The summed E-state index contributed by atoms with van der Waals surface area (Å²) in [6.45, 7) is 12.7. The van der Waals surface area contributed by atoms with Crippen LogP contribution in [0.5, 0.6) is 0 Å². The van der Waals surface area contributed by atoms with Crippen LogP contribution in [0.4, 0.5) is 0 Å². The molecular formula is C11H22O. The van der Waals surface area contributed by atoms with Gasteiger partial charge in [-0.05, 0) is 11.3 Å². The molecule has 0 aromatic rings. The van der Waals surface area contributed by atoms with E-state index in [1.807, 2.05) is 13.8 Å². The van der Waals surface area contributed by atoms with E-state index >= 15 is 0 Å². The molecule has 0 radical (unpaired) electrons. The third kappa shape index (κ3) is 3.89. The van der Waals surface area contributed by atoms with Crippen molar-refractivity contribution in [1.82, 2.24) is 0 Å². The summed E-state index contributed by atoms with van der Waals surface area (Å²) >= 11 is 0. The number of ketones is 1. The molecule has 0 aliphatic heterocycles. The van der Waals surface area contributed by atoms with Crippen LogP contribution in [0.15, 0.2) is 0 Å². The minimum Gasteiger partial charge on any atom is -0.299 e. The van der Waals surface area contributed by atoms with Crippen LogP contribution in [0.2, 0.25) is 0 Å². The molecule has 1 nitrogen and oxygen atoms in total. The number of hydrogen-bond acceptors (Lipinski definition) is 1. The van der Waals surface area contributed by atoms with Crippen LogP contribution in [-0.4, -0.2) is 5.78 Å². The van der Waals surface area contributed by atoms with Crippen molar-refractivity contribution in [2.45, 2.75) is 48.0 Å². The highest BCUT2D eigenvalue weighted by atomic mass is 16.1. The first-order valence-corrected chi connectivity index (χ1v) is 4.78. The van der Waals surface area contributed by atoms with E-state index in [2.05, 4.69) is 27.7 Å². The summed E-state index contributed by atoms with van der Waals surface area (Å²) in [5, 5.41) is 0. The number of carbonyl (C=O) groups is 1. The molecule has 12 heavy (non-hydrogen) atoms. The second-order valence-electron chi connectivity index (χ2n) is 5.09. The Balaban J connectivity index is 4.02. The summed E-state index contributed by atoms with van der Waals surface area (Å²) in [5.41, 5.74) is 0.255. The molecule has 0 rings (SSSR count). The summed E-state index contributed by atoms with van der Waals surface area (Å²) in [4.78, 5) is 11.4. The third-order valence-corrected chi connectivity index (χ3v) is 2.63. The summed E-state index contributed by atoms with van der Waals surface area (Å²) < 4.78 is 0. The summed E-state index contributed by atoms with van der Waals surface area (Å²) in [6, 6.07) is 0. The van der Waals surface area contributed by atoms with Crippen molar-refractivity contribution < 1.29 is 4.79 Å². The highest BCUT2D eigenvalue weighted by Crippen LogP contribution is 2.28. The summed E-state index contributed by atoms with van der Waals surface area (Å²) in [5.74, 6) is 1.06. The first-order valence-electron chi connectivity index (χ1n) is 4.78. The highest BCUT2D eigenvalue weighted by molar-refractivity contribution is 5.80. The largest absolute Gasteiger partial charge is 0.299 e. The average Bonchev–Trinajstić information content (AvgIpc) is 1.85. The summed E-state index contributed by atoms with van der Waals surface area (Å²) in [6.07, 6.45) is 0.723. The van der Waals surface area contributed by atoms with E-state index in [0.717, 1.165) is 6.42 Å². The molecule has 0 saturated heterocycles. The van der Waals surface area contributed by atoms with Gasteiger partial charge in [0.05, 0.1) is 0 Å². The quantitative estimate of drug-likeness (QED) is 0.635. The van der Waals surface area contributed by atoms with Crippen LogP contribution in [0.1, 0.15) is 48.0 Å². The Morgan fingerprint density at radius 1 is 1.17 bits per heavy atom. The molecule has 0 fully saturated rings. The average molecular weight is 170 g/mol. The Morgan fingerprint density at radius 2 is 1.58 bits per heavy atom. The van der Waals surface area contributed by atoms with Gasteiger partial charge < -0.3 is 0 Å². The van der Waals surface area contributed by atoms with E-state index in [1.54, 1.807) is 0 Å². The predicted octanol–water partition coefficient (Wildman–Crippen LogP) is 3.28. The van der Waals surface area contributed by atoms with Crippen LogP contribution in [-0.2, 0) is 4.79 Å². The maximum absolute atomic E-state index is 11.4. The monoisotopic (exact) mass is 170 g/mol. The maximum atomic E-state index is 11.4. The lowest BCUT2D eigenvalue weighted by Crippen LogP contribution is -2.22. The Morgan fingerprint density at radius 3 is 1.83 bits per heavy atom. The molecule has 0 aliphatic rings. The van der Waals surface area contributed by atoms with Crippen LogP contribution >= 0.6 is 0 Å². The van der Waals surface area contributed by atoms with E-state index in [4.69, 9.17) is 0 Å². The maximum Gasteiger partial charge on any atom is 0.135 e. The Hall–Kier alpha value is -0.330. The molecule has 72 valence electrons. The summed E-state index contributed by atoms with van der Waals surface area (Å²) in [7, 11) is 0. The van der Waals surface area contributed by atoms with Crippen molar-refractivity contribution in [3.8, 4) is 0 Å². The van der Waals surface area contributed by atoms with E-state index in [0.29, 0.717) is 11.7 Å². The van der Waals surface area contributed by atoms with Gasteiger partial charge >= 0.3 is 0 Å². The zero-order valence-corrected chi connectivity index (χ0v) is 9.27. The lowest BCUT2D eigenvalue weighted by atomic mass is 9.78. The highest BCUT2D eigenvalue weighted by Gasteiger charge is 2.23. The van der Waals surface area contributed by atoms with E-state index in [1.165, 1.54) is 0 Å². The van der Waals surface area contributed by atoms with Gasteiger partial charge in [0.2, 0.25) is 0 Å². The van der Waals surface area contributed by atoms with Crippen LogP contribution in [0.25, 0.3) is 0 Å². The second-order valence-corrected chi connectivity index (χ2v) is 5.09. The van der Waals surface area contributed by atoms with Gasteiger partial charge in [-0.1, -0.05) is 41.5 Å². The van der Waals surface area contributed by atoms with Crippen molar-refractivity contribution in [3.05, 3.63) is 0 Å². The molecule has 1 atom stereocenters. The lowest BCUT2D eigenvalue weighted by molar-refractivity contribution is -0.123. The normalized spacial score (nSPS) is 14.9. The van der Waals surface area contributed by atoms with Gasteiger partial charge in [-0.3, -0.25) is 4.79 Å². The van der Waals surface area contributed by atoms with Crippen molar-refractivity contribution in [2.75, 3.05) is 0 Å². The zero-order chi connectivity index (χ0) is 9.94. The Labute approximate surface area is 76.6 Å². The molecule has 0 heterocycles. The fraction of sp³-hybridized carbons (Fsp3) is 0.909. The molecule has 1 heteroatoms. The molecule has 1 unspecified atom stereocenters. The van der Waals surface area contributed by atoms with Crippen molar-refractivity contribution in [2.24, 2.45) is 17.3 Å². The van der Waals surface area contributed by atoms with Gasteiger partial charge in [0.15, 0.2) is 0 Å². The SMILES string of the molecule is CC(C)C(=O)CC(C)C(C)(C)C. The predicted molar refractivity (Wildman–Crippen MR) is 53.1 cm³/mol. The fourth-order valence-corrected chi connectivity index (χ4v) is 0.844. The van der Waals surface area contributed by atoms with Gasteiger partial charge in [-0.25, -0.2) is 0 Å². The molecule has 0 aromatic carbocycles. The van der Waals surface area contributed by atoms with Crippen LogP contribution in [0.3, 0.4) is 0 Å². The second kappa shape index (κ2) is 4.06. The molecule has 0 amide bonds. The molecule has 0 aromatic heterocycles. The minimum atomic E-state index is 0.190. The van der Waals surface area contributed by atoms with Gasteiger partial charge in [0.25, 0.3) is 0 Å².